The van der Waals surface area contributed by atoms with E-state index in [0.717, 1.165) is 36.3 Å². The van der Waals surface area contributed by atoms with Crippen molar-refractivity contribution >= 4 is 23.2 Å². The van der Waals surface area contributed by atoms with E-state index >= 15 is 0 Å². The lowest BCUT2D eigenvalue weighted by atomic mass is 9.86. The highest BCUT2D eigenvalue weighted by Crippen LogP contribution is 2.25. The van der Waals surface area contributed by atoms with Crippen molar-refractivity contribution in [1.29, 1.82) is 0 Å². The number of hydrogen-bond donors (Lipinski definition) is 1. The average Bonchev–Trinajstić information content (AvgIpc) is 3.18. The van der Waals surface area contributed by atoms with Crippen molar-refractivity contribution in [1.82, 2.24) is 10.3 Å². The standard InChI is InChI=1S/C21H26N2O3S/c1-3-15-8-10-16(11-9-15)20-23-18(13-27-20)21(25)26-12-19(24)22-17-7-5-4-6-14(17)2/h8-11,13-14,17H,3-7,12H2,1-2H3,(H,22,24)/t14-,17+/m1/s1. The van der Waals surface area contributed by atoms with E-state index in [1.54, 1.807) is 5.38 Å². The van der Waals surface area contributed by atoms with Crippen LogP contribution in [0.1, 0.15) is 55.6 Å². The molecule has 0 aliphatic heterocycles. The van der Waals surface area contributed by atoms with Crippen molar-refractivity contribution in [2.75, 3.05) is 6.61 Å². The van der Waals surface area contributed by atoms with Crippen LogP contribution in [0.3, 0.4) is 0 Å². The molecule has 0 spiro atoms. The maximum atomic E-state index is 12.2. The highest BCUT2D eigenvalue weighted by Gasteiger charge is 2.23. The average molecular weight is 387 g/mol. The van der Waals surface area contributed by atoms with Gasteiger partial charge in [0.05, 0.1) is 0 Å². The second kappa shape index (κ2) is 9.13. The third-order valence-corrected chi connectivity index (χ3v) is 6.01. The normalized spacial score (nSPS) is 19.5. The molecule has 1 N–H and O–H groups in total. The van der Waals surface area contributed by atoms with E-state index in [1.165, 1.54) is 23.3 Å². The number of esters is 1. The molecule has 0 radical (unpaired) electrons. The van der Waals surface area contributed by atoms with Crippen molar-refractivity contribution in [3.63, 3.8) is 0 Å². The first-order chi connectivity index (χ1) is 13.1. The Hall–Kier alpha value is -2.21. The Morgan fingerprint density at radius 1 is 1.22 bits per heavy atom. The Kier molecular flexibility index (Phi) is 6.61. The molecule has 0 unspecified atom stereocenters. The summed E-state index contributed by atoms with van der Waals surface area (Å²) in [5.41, 5.74) is 2.47. The van der Waals surface area contributed by atoms with Crippen LogP contribution in [0.2, 0.25) is 0 Å². The summed E-state index contributed by atoms with van der Waals surface area (Å²) in [6.07, 6.45) is 5.46. The molecule has 1 amide bonds. The zero-order valence-electron chi connectivity index (χ0n) is 15.9. The molecule has 1 aliphatic carbocycles. The van der Waals surface area contributed by atoms with E-state index < -0.39 is 5.97 Å². The number of ether oxygens (including phenoxy) is 1. The van der Waals surface area contributed by atoms with Gasteiger partial charge in [-0.1, -0.05) is 51.0 Å². The smallest absolute Gasteiger partial charge is 0.358 e. The maximum Gasteiger partial charge on any atom is 0.358 e. The highest BCUT2D eigenvalue weighted by atomic mass is 32.1. The zero-order valence-corrected chi connectivity index (χ0v) is 16.7. The number of carbonyl (C=O) groups is 2. The van der Waals surface area contributed by atoms with Gasteiger partial charge in [-0.2, -0.15) is 0 Å². The quantitative estimate of drug-likeness (QED) is 0.755. The van der Waals surface area contributed by atoms with Gasteiger partial charge in [-0.25, -0.2) is 9.78 Å². The monoisotopic (exact) mass is 386 g/mol. The number of aryl methyl sites for hydroxylation is 1. The molecule has 0 saturated heterocycles. The largest absolute Gasteiger partial charge is 0.451 e. The highest BCUT2D eigenvalue weighted by molar-refractivity contribution is 7.13. The summed E-state index contributed by atoms with van der Waals surface area (Å²) in [6.45, 7) is 4.00. The molecule has 3 rings (SSSR count). The lowest BCUT2D eigenvalue weighted by Crippen LogP contribution is -2.42. The molecular weight excluding hydrogens is 360 g/mol. The molecular formula is C21H26N2O3S. The molecule has 1 heterocycles. The Balaban J connectivity index is 1.52. The van der Waals surface area contributed by atoms with Gasteiger partial charge in [0.2, 0.25) is 0 Å². The Morgan fingerprint density at radius 2 is 1.96 bits per heavy atom. The van der Waals surface area contributed by atoms with Crippen molar-refractivity contribution in [3.05, 3.63) is 40.9 Å². The molecule has 1 aromatic heterocycles. The molecule has 6 heteroatoms. The summed E-state index contributed by atoms with van der Waals surface area (Å²) in [5.74, 6) is -0.333. The second-order valence-electron chi connectivity index (χ2n) is 7.10. The fraction of sp³-hybridized carbons (Fsp3) is 0.476. The number of carbonyl (C=O) groups excluding carboxylic acids is 2. The van der Waals surface area contributed by atoms with Gasteiger partial charge in [-0.05, 0) is 30.7 Å². The predicted molar refractivity (Wildman–Crippen MR) is 107 cm³/mol. The van der Waals surface area contributed by atoms with Gasteiger partial charge in [0.15, 0.2) is 12.3 Å². The fourth-order valence-corrected chi connectivity index (χ4v) is 4.16. The van der Waals surface area contributed by atoms with Crippen LogP contribution in [0.5, 0.6) is 0 Å². The number of benzene rings is 1. The van der Waals surface area contributed by atoms with Crippen LogP contribution in [0.25, 0.3) is 10.6 Å². The number of aromatic nitrogens is 1. The van der Waals surface area contributed by atoms with E-state index in [-0.39, 0.29) is 24.2 Å². The van der Waals surface area contributed by atoms with Gasteiger partial charge < -0.3 is 10.1 Å². The lowest BCUT2D eigenvalue weighted by molar-refractivity contribution is -0.125. The van der Waals surface area contributed by atoms with Crippen LogP contribution in [0.15, 0.2) is 29.6 Å². The van der Waals surface area contributed by atoms with Crippen LogP contribution in [0.4, 0.5) is 0 Å². The van der Waals surface area contributed by atoms with E-state index in [4.69, 9.17) is 4.74 Å². The molecule has 2 atom stereocenters. The Morgan fingerprint density at radius 3 is 2.67 bits per heavy atom. The van der Waals surface area contributed by atoms with Gasteiger partial charge in [-0.3, -0.25) is 4.79 Å². The maximum absolute atomic E-state index is 12.2. The van der Waals surface area contributed by atoms with E-state index in [0.29, 0.717) is 5.92 Å². The minimum absolute atomic E-state index is 0.182. The van der Waals surface area contributed by atoms with Gasteiger partial charge in [0.25, 0.3) is 5.91 Å². The van der Waals surface area contributed by atoms with Crippen LogP contribution >= 0.6 is 11.3 Å². The minimum Gasteiger partial charge on any atom is -0.451 e. The third kappa shape index (κ3) is 5.16. The summed E-state index contributed by atoms with van der Waals surface area (Å²) in [7, 11) is 0. The summed E-state index contributed by atoms with van der Waals surface area (Å²) in [5, 5.41) is 5.43. The van der Waals surface area contributed by atoms with Gasteiger partial charge in [-0.15, -0.1) is 11.3 Å². The Bertz CT molecular complexity index is 785. The molecule has 1 aromatic carbocycles. The first-order valence-electron chi connectivity index (χ1n) is 9.58. The number of amides is 1. The van der Waals surface area contributed by atoms with Crippen molar-refractivity contribution in [3.8, 4) is 10.6 Å². The van der Waals surface area contributed by atoms with E-state index in [1.807, 2.05) is 12.1 Å². The molecule has 2 aromatic rings. The van der Waals surface area contributed by atoms with Crippen molar-refractivity contribution in [2.45, 2.75) is 52.0 Å². The first-order valence-corrected chi connectivity index (χ1v) is 10.5. The molecule has 144 valence electrons. The van der Waals surface area contributed by atoms with Gasteiger partial charge in [0.1, 0.15) is 5.01 Å². The number of nitrogens with zero attached hydrogens (tertiary/aromatic N) is 1. The SMILES string of the molecule is CCc1ccc(-c2nc(C(=O)OCC(=O)N[C@H]3CCCC[C@H]3C)cs2)cc1. The van der Waals surface area contributed by atoms with Crippen LogP contribution < -0.4 is 5.32 Å². The topological polar surface area (TPSA) is 68.3 Å². The first kappa shape index (κ1) is 19.5. The number of hydrogen-bond acceptors (Lipinski definition) is 5. The zero-order chi connectivity index (χ0) is 19.2. The summed E-state index contributed by atoms with van der Waals surface area (Å²) >= 11 is 1.39. The molecule has 5 nitrogen and oxygen atoms in total. The van der Waals surface area contributed by atoms with Gasteiger partial charge in [0, 0.05) is 17.0 Å². The van der Waals surface area contributed by atoms with Crippen LogP contribution in [-0.4, -0.2) is 29.5 Å². The minimum atomic E-state index is -0.561. The molecule has 1 fully saturated rings. The summed E-state index contributed by atoms with van der Waals surface area (Å²) in [6, 6.07) is 8.32. The fourth-order valence-electron chi connectivity index (χ4n) is 3.37. The summed E-state index contributed by atoms with van der Waals surface area (Å²) < 4.78 is 5.15. The van der Waals surface area contributed by atoms with Crippen LogP contribution in [0, 0.1) is 5.92 Å². The van der Waals surface area contributed by atoms with E-state index in [9.17, 15) is 9.59 Å². The lowest BCUT2D eigenvalue weighted by Gasteiger charge is -2.29. The number of rotatable bonds is 6. The number of nitrogens with one attached hydrogen (secondary N) is 1. The van der Waals surface area contributed by atoms with E-state index in [2.05, 4.69) is 36.3 Å². The second-order valence-corrected chi connectivity index (χ2v) is 7.96. The van der Waals surface area contributed by atoms with Crippen LogP contribution in [-0.2, 0) is 16.0 Å². The number of thiazole rings is 1. The molecule has 1 aliphatic rings. The predicted octanol–water partition coefficient (Wildman–Crippen LogP) is 4.22. The van der Waals surface area contributed by atoms with Crippen molar-refractivity contribution in [2.24, 2.45) is 5.92 Å². The molecule has 1 saturated carbocycles. The summed E-state index contributed by atoms with van der Waals surface area (Å²) in [4.78, 5) is 28.6. The molecule has 27 heavy (non-hydrogen) atoms. The third-order valence-electron chi connectivity index (χ3n) is 5.11. The van der Waals surface area contributed by atoms with Crippen molar-refractivity contribution < 1.29 is 14.3 Å². The Labute approximate surface area is 164 Å². The van der Waals surface area contributed by atoms with Gasteiger partial charge >= 0.3 is 5.97 Å². The molecule has 0 bridgehead atoms.